The van der Waals surface area contributed by atoms with E-state index in [2.05, 4.69) is 35.1 Å². The maximum absolute atomic E-state index is 5.87. The molecule has 4 aromatic carbocycles. The zero-order valence-corrected chi connectivity index (χ0v) is 16.9. The number of nitrogens with two attached hydrogens (primary N) is 2. The standard InChI is InChI=1S/C25H24N4O2/c26-28-20-5-13-24(14-6-20)30-22-9-1-18(2-10-22)17-19-3-11-23(12-4-19)31-25-15-7-21(29-27)8-16-25/h1-16,28-29H,17,26-27H2. The average Bonchev–Trinajstić information content (AvgIpc) is 2.82. The largest absolute Gasteiger partial charge is 0.457 e. The summed E-state index contributed by atoms with van der Waals surface area (Å²) in [5.74, 6) is 13.9. The first-order valence-electron chi connectivity index (χ1n) is 9.89. The van der Waals surface area contributed by atoms with E-state index in [-0.39, 0.29) is 0 Å². The maximum Gasteiger partial charge on any atom is 0.127 e. The van der Waals surface area contributed by atoms with Crippen molar-refractivity contribution in [3.63, 3.8) is 0 Å². The van der Waals surface area contributed by atoms with Crippen LogP contribution in [-0.4, -0.2) is 0 Å². The predicted octanol–water partition coefficient (Wildman–Crippen LogP) is 5.43. The maximum atomic E-state index is 5.87. The fraction of sp³-hybridized carbons (Fsp3) is 0.0400. The molecule has 6 nitrogen and oxygen atoms in total. The van der Waals surface area contributed by atoms with Gasteiger partial charge in [-0.1, -0.05) is 24.3 Å². The number of rotatable bonds is 8. The smallest absolute Gasteiger partial charge is 0.127 e. The van der Waals surface area contributed by atoms with Crippen LogP contribution in [0.15, 0.2) is 97.1 Å². The van der Waals surface area contributed by atoms with Gasteiger partial charge in [-0.15, -0.1) is 0 Å². The molecule has 0 aliphatic rings. The highest BCUT2D eigenvalue weighted by Crippen LogP contribution is 2.25. The van der Waals surface area contributed by atoms with Gasteiger partial charge in [-0.2, -0.15) is 0 Å². The van der Waals surface area contributed by atoms with E-state index in [1.54, 1.807) is 0 Å². The molecule has 4 rings (SSSR count). The van der Waals surface area contributed by atoms with Gasteiger partial charge in [0, 0.05) is 11.4 Å². The third-order valence-electron chi connectivity index (χ3n) is 4.77. The first kappa shape index (κ1) is 20.3. The summed E-state index contributed by atoms with van der Waals surface area (Å²) in [5, 5.41) is 0. The van der Waals surface area contributed by atoms with Crippen LogP contribution in [0.4, 0.5) is 11.4 Å². The summed E-state index contributed by atoms with van der Waals surface area (Å²) in [6, 6.07) is 31.1. The summed E-state index contributed by atoms with van der Waals surface area (Å²) < 4.78 is 11.7. The van der Waals surface area contributed by atoms with Gasteiger partial charge in [-0.05, 0) is 90.3 Å². The quantitative estimate of drug-likeness (QED) is 0.228. The summed E-state index contributed by atoms with van der Waals surface area (Å²) in [4.78, 5) is 0. The van der Waals surface area contributed by atoms with Crippen molar-refractivity contribution in [2.45, 2.75) is 6.42 Å². The number of anilines is 2. The molecule has 6 heteroatoms. The second-order valence-corrected chi connectivity index (χ2v) is 7.01. The fourth-order valence-electron chi connectivity index (χ4n) is 3.10. The molecule has 0 radical (unpaired) electrons. The lowest BCUT2D eigenvalue weighted by molar-refractivity contribution is 0.482. The SMILES string of the molecule is NNc1ccc(Oc2ccc(Cc3ccc(Oc4ccc(NN)cc4)cc3)cc2)cc1. The highest BCUT2D eigenvalue weighted by atomic mass is 16.5. The van der Waals surface area contributed by atoms with Gasteiger partial charge in [-0.25, -0.2) is 0 Å². The average molecular weight is 412 g/mol. The molecule has 6 N–H and O–H groups in total. The van der Waals surface area contributed by atoms with Crippen LogP contribution in [0.1, 0.15) is 11.1 Å². The van der Waals surface area contributed by atoms with Crippen LogP contribution < -0.4 is 32.0 Å². The zero-order chi connectivity index (χ0) is 21.5. The molecule has 0 heterocycles. The zero-order valence-electron chi connectivity index (χ0n) is 16.9. The molecular formula is C25H24N4O2. The molecule has 0 amide bonds. The second kappa shape index (κ2) is 9.67. The molecule has 0 unspecified atom stereocenters. The number of nitrogens with one attached hydrogen (secondary N) is 2. The molecule has 0 spiro atoms. The van der Waals surface area contributed by atoms with Crippen molar-refractivity contribution in [3.05, 3.63) is 108 Å². The Kier molecular flexibility index (Phi) is 6.32. The van der Waals surface area contributed by atoms with Gasteiger partial charge in [0.15, 0.2) is 0 Å². The Morgan fingerprint density at radius 1 is 0.452 bits per heavy atom. The van der Waals surface area contributed by atoms with Crippen LogP contribution in [0, 0.1) is 0 Å². The third kappa shape index (κ3) is 5.54. The second-order valence-electron chi connectivity index (χ2n) is 7.01. The number of benzene rings is 4. The van der Waals surface area contributed by atoms with Crippen LogP contribution in [0.3, 0.4) is 0 Å². The lowest BCUT2D eigenvalue weighted by atomic mass is 10.0. The minimum atomic E-state index is 0.760. The molecule has 0 bridgehead atoms. The molecule has 31 heavy (non-hydrogen) atoms. The van der Waals surface area contributed by atoms with E-state index in [1.807, 2.05) is 72.8 Å². The summed E-state index contributed by atoms with van der Waals surface area (Å²) in [6.45, 7) is 0. The van der Waals surface area contributed by atoms with E-state index in [0.717, 1.165) is 40.8 Å². The lowest BCUT2D eigenvalue weighted by Crippen LogP contribution is -2.05. The molecule has 4 aromatic rings. The normalized spacial score (nSPS) is 10.4. The Bertz CT molecular complexity index is 1000. The Morgan fingerprint density at radius 3 is 1.03 bits per heavy atom. The Balaban J connectivity index is 1.34. The third-order valence-corrected chi connectivity index (χ3v) is 4.77. The molecule has 0 fully saturated rings. The molecule has 156 valence electrons. The number of hydrogen-bond donors (Lipinski definition) is 4. The van der Waals surface area contributed by atoms with Crippen LogP contribution >= 0.6 is 0 Å². The van der Waals surface area contributed by atoms with Gasteiger partial charge < -0.3 is 20.3 Å². The molecular weight excluding hydrogens is 388 g/mol. The highest BCUT2D eigenvalue weighted by molar-refractivity contribution is 5.47. The monoisotopic (exact) mass is 412 g/mol. The highest BCUT2D eigenvalue weighted by Gasteiger charge is 2.02. The Hall–Kier alpha value is -4.00. The van der Waals surface area contributed by atoms with E-state index in [1.165, 1.54) is 11.1 Å². The van der Waals surface area contributed by atoms with E-state index in [0.29, 0.717) is 0 Å². The van der Waals surface area contributed by atoms with Crippen LogP contribution in [0.5, 0.6) is 23.0 Å². The number of hydrazine groups is 2. The fourth-order valence-corrected chi connectivity index (χ4v) is 3.10. The number of nitrogen functional groups attached to an aromatic ring is 2. The van der Waals surface area contributed by atoms with Crippen molar-refractivity contribution < 1.29 is 9.47 Å². The first-order valence-corrected chi connectivity index (χ1v) is 9.89. The number of ether oxygens (including phenoxy) is 2. The van der Waals surface area contributed by atoms with E-state index < -0.39 is 0 Å². The van der Waals surface area contributed by atoms with Gasteiger partial charge >= 0.3 is 0 Å². The lowest BCUT2D eigenvalue weighted by Gasteiger charge is -2.09. The van der Waals surface area contributed by atoms with E-state index >= 15 is 0 Å². The molecule has 0 aliphatic carbocycles. The minimum absolute atomic E-state index is 0.760. The van der Waals surface area contributed by atoms with Crippen LogP contribution in [0.25, 0.3) is 0 Å². The van der Waals surface area contributed by atoms with Crippen molar-refractivity contribution in [1.82, 2.24) is 0 Å². The minimum Gasteiger partial charge on any atom is -0.457 e. The van der Waals surface area contributed by atoms with Gasteiger partial charge in [0.05, 0.1) is 0 Å². The number of hydrogen-bond acceptors (Lipinski definition) is 6. The van der Waals surface area contributed by atoms with Gasteiger partial charge in [0.2, 0.25) is 0 Å². The van der Waals surface area contributed by atoms with Crippen molar-refractivity contribution in [2.24, 2.45) is 11.7 Å². The molecule has 0 aliphatic heterocycles. The topological polar surface area (TPSA) is 94.6 Å². The summed E-state index contributed by atoms with van der Waals surface area (Å²) in [5.41, 5.74) is 9.27. The van der Waals surface area contributed by atoms with Crippen LogP contribution in [-0.2, 0) is 6.42 Å². The van der Waals surface area contributed by atoms with Crippen LogP contribution in [0.2, 0.25) is 0 Å². The molecule has 0 atom stereocenters. The van der Waals surface area contributed by atoms with Crippen molar-refractivity contribution in [2.75, 3.05) is 10.9 Å². The van der Waals surface area contributed by atoms with Gasteiger partial charge in [0.1, 0.15) is 23.0 Å². The van der Waals surface area contributed by atoms with Crippen molar-refractivity contribution in [3.8, 4) is 23.0 Å². The van der Waals surface area contributed by atoms with Crippen molar-refractivity contribution in [1.29, 1.82) is 0 Å². The summed E-state index contributed by atoms with van der Waals surface area (Å²) >= 11 is 0. The molecule has 0 saturated heterocycles. The summed E-state index contributed by atoms with van der Waals surface area (Å²) in [7, 11) is 0. The Morgan fingerprint density at radius 2 is 0.742 bits per heavy atom. The Labute approximate surface area is 181 Å². The first-order chi connectivity index (χ1) is 15.2. The molecule has 0 saturated carbocycles. The van der Waals surface area contributed by atoms with Crippen molar-refractivity contribution >= 4 is 11.4 Å². The predicted molar refractivity (Wildman–Crippen MR) is 124 cm³/mol. The summed E-state index contributed by atoms with van der Waals surface area (Å²) in [6.07, 6.45) is 0.828. The van der Waals surface area contributed by atoms with E-state index in [4.69, 9.17) is 21.2 Å². The van der Waals surface area contributed by atoms with Gasteiger partial charge in [0.25, 0.3) is 0 Å². The molecule has 0 aromatic heterocycles. The van der Waals surface area contributed by atoms with Gasteiger partial charge in [-0.3, -0.25) is 11.7 Å². The van der Waals surface area contributed by atoms with E-state index in [9.17, 15) is 0 Å².